The largest absolute Gasteiger partial charge is 0.335 e. The minimum absolute atomic E-state index is 0.271. The number of aromatic nitrogens is 1. The van der Waals surface area contributed by atoms with Gasteiger partial charge in [-0.25, -0.2) is 0 Å². The Morgan fingerprint density at radius 3 is 2.24 bits per heavy atom. The van der Waals surface area contributed by atoms with Crippen LogP contribution in [0.4, 0.5) is 5.69 Å². The topological polar surface area (TPSA) is 116 Å². The monoisotopic (exact) mass is 711 g/mol. The molecule has 37 heavy (non-hydrogen) atoms. The Balaban J connectivity index is 1.66. The predicted molar refractivity (Wildman–Crippen MR) is 156 cm³/mol. The maximum Gasteiger partial charge on any atom is 0.265 e. The molecule has 0 saturated heterocycles. The number of aryl methyl sites for hydroxylation is 1. The molecule has 0 bridgehead atoms. The van der Waals surface area contributed by atoms with Crippen LogP contribution in [0.15, 0.2) is 55.3 Å². The lowest BCUT2D eigenvalue weighted by Gasteiger charge is -2.20. The van der Waals surface area contributed by atoms with E-state index in [0.29, 0.717) is 38.8 Å². The summed E-state index contributed by atoms with van der Waals surface area (Å²) in [6.45, 7) is 1.17. The number of hydrogen-bond donors (Lipinski definition) is 2. The number of anilines is 1. The summed E-state index contributed by atoms with van der Waals surface area (Å²) >= 11 is 10.4. The Labute approximate surface area is 241 Å². The quantitative estimate of drug-likeness (QED) is 0.142. The van der Waals surface area contributed by atoms with Gasteiger partial charge in [0.25, 0.3) is 25.2 Å². The van der Waals surface area contributed by atoms with Crippen LogP contribution in [0.3, 0.4) is 0 Å². The maximum atomic E-state index is 11.2. The smallest absolute Gasteiger partial charge is 0.265 e. The van der Waals surface area contributed by atoms with E-state index in [0.717, 1.165) is 39.8 Å². The second kappa shape index (κ2) is 12.0. The van der Waals surface area contributed by atoms with Crippen LogP contribution in [-0.4, -0.2) is 44.0 Å². The average Bonchev–Trinajstić information content (AvgIpc) is 3.30. The number of fused-ring (bicyclic) bond motifs is 2. The van der Waals surface area contributed by atoms with E-state index >= 15 is 0 Å². The van der Waals surface area contributed by atoms with Crippen molar-refractivity contribution < 1.29 is 30.5 Å². The van der Waals surface area contributed by atoms with E-state index in [9.17, 15) is 16.8 Å². The summed E-state index contributed by atoms with van der Waals surface area (Å²) in [4.78, 5) is 3.25. The van der Waals surface area contributed by atoms with Gasteiger partial charge in [0.15, 0.2) is 6.54 Å². The van der Waals surface area contributed by atoms with Crippen molar-refractivity contribution >= 4 is 97.2 Å². The summed E-state index contributed by atoms with van der Waals surface area (Å²) in [5.41, 5.74) is 2.06. The first-order valence-electron chi connectivity index (χ1n) is 11.4. The molecule has 0 atom stereocenters. The number of thioether (sulfide) groups is 1. The van der Waals surface area contributed by atoms with Crippen molar-refractivity contribution in [3.8, 4) is 0 Å². The van der Waals surface area contributed by atoms with Crippen molar-refractivity contribution in [1.29, 1.82) is 0 Å². The van der Waals surface area contributed by atoms with E-state index in [-0.39, 0.29) is 11.5 Å². The molecule has 0 saturated carbocycles. The van der Waals surface area contributed by atoms with Gasteiger partial charge in [0.2, 0.25) is 5.52 Å². The van der Waals surface area contributed by atoms with Crippen LogP contribution in [0.2, 0.25) is 0 Å². The Hall–Kier alpha value is -1.00. The molecule has 4 rings (SSSR count). The second-order valence-electron chi connectivity index (χ2n) is 8.54. The van der Waals surface area contributed by atoms with Gasteiger partial charge in [0, 0.05) is 32.9 Å². The van der Waals surface area contributed by atoms with Crippen LogP contribution in [-0.2, 0) is 26.8 Å². The van der Waals surface area contributed by atoms with Gasteiger partial charge in [-0.2, -0.15) is 21.4 Å². The zero-order valence-corrected chi connectivity index (χ0v) is 25.9. The number of halogens is 2. The van der Waals surface area contributed by atoms with Crippen LogP contribution >= 0.6 is 55.0 Å². The first-order chi connectivity index (χ1) is 17.4. The number of hydrogen-bond acceptors (Lipinski definition) is 7. The Morgan fingerprint density at radius 2 is 1.54 bits per heavy atom. The van der Waals surface area contributed by atoms with Crippen molar-refractivity contribution in [2.75, 3.05) is 23.0 Å². The molecule has 2 aromatic carbocycles. The third-order valence-electron chi connectivity index (χ3n) is 5.70. The van der Waals surface area contributed by atoms with Gasteiger partial charge >= 0.3 is 0 Å². The van der Waals surface area contributed by atoms with Gasteiger partial charge in [-0.05, 0) is 49.6 Å². The molecular weight excluding hydrogens is 688 g/mol. The fraction of sp³-hybridized carbons (Fsp3) is 0.348. The molecule has 1 aliphatic rings. The summed E-state index contributed by atoms with van der Waals surface area (Å²) in [5, 5.41) is 1.99. The van der Waals surface area contributed by atoms with Crippen molar-refractivity contribution in [1.82, 2.24) is 0 Å². The highest BCUT2D eigenvalue weighted by Crippen LogP contribution is 2.48. The van der Waals surface area contributed by atoms with Crippen LogP contribution in [0.1, 0.15) is 30.7 Å². The van der Waals surface area contributed by atoms with E-state index in [1.165, 1.54) is 0 Å². The molecule has 0 amide bonds. The fourth-order valence-corrected chi connectivity index (χ4v) is 8.16. The zero-order valence-electron chi connectivity index (χ0n) is 19.5. The van der Waals surface area contributed by atoms with Gasteiger partial charge in [-0.15, -0.1) is 0 Å². The minimum atomic E-state index is -4.00. The molecule has 1 aromatic heterocycles. The molecule has 0 unspecified atom stereocenters. The molecular formula is C23H25Br2N2O6S4+. The number of rotatable bonds is 11. The number of unbranched alkanes of at least 4 members (excludes halogenated alkanes) is 2. The lowest BCUT2D eigenvalue weighted by Crippen LogP contribution is -2.35. The summed E-state index contributed by atoms with van der Waals surface area (Å²) in [6.07, 6.45) is 3.97. The third kappa shape index (κ3) is 8.01. The van der Waals surface area contributed by atoms with E-state index in [1.54, 1.807) is 23.1 Å². The highest BCUT2D eigenvalue weighted by molar-refractivity contribution is 9.10. The fourth-order valence-electron chi connectivity index (χ4n) is 4.04. The summed E-state index contributed by atoms with van der Waals surface area (Å²) < 4.78 is 67.9. The molecule has 0 radical (unpaired) electrons. The standard InChI is InChI=1S/C23H24Br2N2O6S4/c24-16-5-7-20-18(13-16)26(9-1-3-11-36(28,29)30)22(34-20)15-23-27(10-2-4-12-37(31,32)33)19-14-17(25)6-8-21(19)35-23/h5-8,13-15H,1-4,9-12H2,(H-,28,29,30,31,32,33)/p+1. The van der Waals surface area contributed by atoms with Crippen LogP contribution in [0.25, 0.3) is 16.3 Å². The summed E-state index contributed by atoms with van der Waals surface area (Å²) in [6, 6.07) is 12.1. The molecule has 0 fully saturated rings. The van der Waals surface area contributed by atoms with Crippen molar-refractivity contribution in [3.05, 3.63) is 55.4 Å². The number of nitrogens with zero attached hydrogens (tertiary/aromatic N) is 2. The van der Waals surface area contributed by atoms with Gasteiger partial charge in [0.1, 0.15) is 4.70 Å². The lowest BCUT2D eigenvalue weighted by atomic mass is 10.2. The van der Waals surface area contributed by atoms with Gasteiger partial charge < -0.3 is 4.90 Å². The van der Waals surface area contributed by atoms with Crippen LogP contribution in [0.5, 0.6) is 0 Å². The summed E-state index contributed by atoms with van der Waals surface area (Å²) in [5.74, 6) is -0.541. The molecule has 200 valence electrons. The van der Waals surface area contributed by atoms with E-state index in [2.05, 4.69) is 47.4 Å². The SMILES string of the molecule is O=S(=O)(O)CCCCN1/C(=C/c2sc3ccc(Br)cc3[n+]2CCCCS(=O)(=O)O)Sc2ccc(Br)cc21. The average molecular weight is 714 g/mol. The first kappa shape index (κ1) is 29.0. The third-order valence-corrected chi connectivity index (χ3v) is 10.5. The van der Waals surface area contributed by atoms with Crippen molar-refractivity contribution in [2.24, 2.45) is 0 Å². The van der Waals surface area contributed by atoms with Crippen molar-refractivity contribution in [3.63, 3.8) is 0 Å². The predicted octanol–water partition coefficient (Wildman–Crippen LogP) is 5.96. The molecule has 8 nitrogen and oxygen atoms in total. The highest BCUT2D eigenvalue weighted by Gasteiger charge is 2.28. The van der Waals surface area contributed by atoms with Gasteiger partial charge in [-0.1, -0.05) is 55.0 Å². The molecule has 0 spiro atoms. The van der Waals surface area contributed by atoms with Crippen molar-refractivity contribution in [2.45, 2.75) is 37.1 Å². The highest BCUT2D eigenvalue weighted by atomic mass is 79.9. The molecule has 2 heterocycles. The van der Waals surface area contributed by atoms with Crippen LogP contribution < -0.4 is 9.47 Å². The van der Waals surface area contributed by atoms with E-state index < -0.39 is 20.2 Å². The van der Waals surface area contributed by atoms with Crippen LogP contribution in [0, 0.1) is 0 Å². The number of benzene rings is 2. The zero-order chi connectivity index (χ0) is 26.8. The maximum absolute atomic E-state index is 11.2. The second-order valence-corrected chi connectivity index (χ2v) is 15.6. The Morgan fingerprint density at radius 1 is 0.892 bits per heavy atom. The van der Waals surface area contributed by atoms with Gasteiger partial charge in [0.05, 0.1) is 28.3 Å². The molecule has 1 aliphatic heterocycles. The Kier molecular flexibility index (Phi) is 9.42. The first-order valence-corrected chi connectivity index (χ1v) is 17.8. The molecule has 14 heteroatoms. The Bertz CT molecular complexity index is 1550. The molecule has 3 aromatic rings. The lowest BCUT2D eigenvalue weighted by molar-refractivity contribution is -0.669. The normalized spacial score (nSPS) is 15.1. The molecule has 2 N–H and O–H groups in total. The van der Waals surface area contributed by atoms with E-state index in [4.69, 9.17) is 9.11 Å². The summed E-state index contributed by atoms with van der Waals surface area (Å²) in [7, 11) is -8.00. The van der Waals surface area contributed by atoms with E-state index in [1.807, 2.05) is 36.4 Å². The minimum Gasteiger partial charge on any atom is -0.335 e. The number of thiazole rings is 1. The van der Waals surface area contributed by atoms with Gasteiger partial charge in [-0.3, -0.25) is 9.11 Å². The molecule has 0 aliphatic carbocycles.